The number of nitrogens with zero attached hydrogens (tertiary/aromatic N) is 2. The van der Waals surface area contributed by atoms with Crippen LogP contribution in [0.2, 0.25) is 0 Å². The van der Waals surface area contributed by atoms with Crippen molar-refractivity contribution in [1.29, 1.82) is 0 Å². The van der Waals surface area contributed by atoms with Crippen LogP contribution in [0.25, 0.3) is 5.76 Å². The van der Waals surface area contributed by atoms with Crippen LogP contribution in [-0.4, -0.2) is 34.5 Å². The van der Waals surface area contributed by atoms with E-state index in [9.17, 15) is 14.7 Å². The van der Waals surface area contributed by atoms with Crippen LogP contribution < -0.4 is 14.4 Å². The summed E-state index contributed by atoms with van der Waals surface area (Å²) in [4.78, 5) is 32.0. The fourth-order valence-corrected chi connectivity index (χ4v) is 3.99. The Morgan fingerprint density at radius 2 is 1.74 bits per heavy atom. The topological polar surface area (TPSA) is 89.0 Å². The third kappa shape index (κ3) is 4.50. The van der Waals surface area contributed by atoms with Gasteiger partial charge in [-0.15, -0.1) is 0 Å². The van der Waals surface area contributed by atoms with Crippen LogP contribution in [0.1, 0.15) is 37.9 Å². The summed E-state index contributed by atoms with van der Waals surface area (Å²) in [5, 5.41) is 11.3. The minimum absolute atomic E-state index is 0.000269. The number of ketones is 1. The zero-order valence-corrected chi connectivity index (χ0v) is 19.3. The monoisotopic (exact) mass is 458 g/mol. The zero-order valence-electron chi connectivity index (χ0n) is 19.3. The molecule has 0 radical (unpaired) electrons. The van der Waals surface area contributed by atoms with Crippen LogP contribution >= 0.6 is 0 Å². The molecule has 1 saturated heterocycles. The van der Waals surface area contributed by atoms with E-state index in [-0.39, 0.29) is 17.4 Å². The van der Waals surface area contributed by atoms with E-state index in [1.807, 2.05) is 20.8 Å². The maximum atomic E-state index is 13.3. The molecule has 3 aromatic rings. The molecule has 0 saturated carbocycles. The van der Waals surface area contributed by atoms with E-state index < -0.39 is 17.7 Å². The van der Waals surface area contributed by atoms with Crippen LogP contribution in [0, 0.1) is 0 Å². The number of aliphatic hydroxyl groups is 1. The van der Waals surface area contributed by atoms with Crippen LogP contribution in [0.5, 0.6) is 11.5 Å². The molecule has 34 heavy (non-hydrogen) atoms. The molecule has 7 heteroatoms. The van der Waals surface area contributed by atoms with Crippen molar-refractivity contribution in [3.8, 4) is 11.5 Å². The highest BCUT2D eigenvalue weighted by Gasteiger charge is 2.47. The average Bonchev–Trinajstić information content (AvgIpc) is 3.10. The van der Waals surface area contributed by atoms with E-state index in [1.54, 1.807) is 73.1 Å². The number of amides is 1. The second-order valence-electron chi connectivity index (χ2n) is 8.07. The zero-order chi connectivity index (χ0) is 24.2. The number of Topliss-reactive ketones (excluding diaryl/α,β-unsaturated/α-hetero) is 1. The lowest BCUT2D eigenvalue weighted by molar-refractivity contribution is -0.132. The minimum atomic E-state index is -0.838. The Kier molecular flexibility index (Phi) is 6.63. The number of benzene rings is 2. The molecule has 4 rings (SSSR count). The summed E-state index contributed by atoms with van der Waals surface area (Å²) in [5.41, 5.74) is 1.52. The van der Waals surface area contributed by atoms with Gasteiger partial charge >= 0.3 is 0 Å². The lowest BCUT2D eigenvalue weighted by Gasteiger charge is -2.25. The van der Waals surface area contributed by atoms with Gasteiger partial charge in [-0.25, -0.2) is 0 Å². The molecule has 1 N–H and O–H groups in total. The van der Waals surface area contributed by atoms with Crippen LogP contribution in [0.3, 0.4) is 0 Å². The Hall–Kier alpha value is -4.13. The van der Waals surface area contributed by atoms with E-state index in [0.717, 1.165) is 0 Å². The second kappa shape index (κ2) is 9.79. The summed E-state index contributed by atoms with van der Waals surface area (Å²) in [6, 6.07) is 16.4. The van der Waals surface area contributed by atoms with E-state index in [2.05, 4.69) is 4.98 Å². The molecule has 0 spiro atoms. The molecule has 1 atom stereocenters. The molecule has 1 aromatic heterocycles. The van der Waals surface area contributed by atoms with Crippen molar-refractivity contribution in [1.82, 2.24) is 4.98 Å². The molecule has 0 aliphatic carbocycles. The average molecular weight is 459 g/mol. The number of aliphatic hydroxyl groups excluding tert-OH is 1. The van der Waals surface area contributed by atoms with Gasteiger partial charge in [-0.1, -0.05) is 18.2 Å². The van der Waals surface area contributed by atoms with E-state index >= 15 is 0 Å². The number of hydrogen-bond acceptors (Lipinski definition) is 6. The Bertz CT molecular complexity index is 1240. The van der Waals surface area contributed by atoms with E-state index in [1.165, 1.54) is 4.90 Å². The van der Waals surface area contributed by atoms with Crippen molar-refractivity contribution in [3.63, 3.8) is 0 Å². The first-order chi connectivity index (χ1) is 16.4. The van der Waals surface area contributed by atoms with Crippen LogP contribution in [0.4, 0.5) is 5.69 Å². The summed E-state index contributed by atoms with van der Waals surface area (Å²) in [6.45, 7) is 6.13. The molecular formula is C27H26N2O5. The van der Waals surface area contributed by atoms with Crippen molar-refractivity contribution in [2.24, 2.45) is 0 Å². The summed E-state index contributed by atoms with van der Waals surface area (Å²) in [6.07, 6.45) is 3.12. The van der Waals surface area contributed by atoms with Gasteiger partial charge in [-0.05, 0) is 62.7 Å². The third-order valence-electron chi connectivity index (χ3n) is 5.35. The summed E-state index contributed by atoms with van der Waals surface area (Å²) in [5.74, 6) is -0.632. The quantitative estimate of drug-likeness (QED) is 0.308. The summed E-state index contributed by atoms with van der Waals surface area (Å²) >= 11 is 0. The SMILES string of the molecule is CCOc1cccc(N2C(=O)C(=O)/C(=C(/O)c3cccc(OC(C)C)c3)C2c2ccncc2)c1. The highest BCUT2D eigenvalue weighted by molar-refractivity contribution is 6.51. The lowest BCUT2D eigenvalue weighted by Crippen LogP contribution is -2.29. The highest BCUT2D eigenvalue weighted by atomic mass is 16.5. The number of carbonyl (C=O) groups is 2. The van der Waals surface area contributed by atoms with Gasteiger partial charge in [0.2, 0.25) is 0 Å². The first-order valence-corrected chi connectivity index (χ1v) is 11.1. The highest BCUT2D eigenvalue weighted by Crippen LogP contribution is 2.42. The van der Waals surface area contributed by atoms with Gasteiger partial charge in [0, 0.05) is 29.7 Å². The number of pyridine rings is 1. The van der Waals surface area contributed by atoms with Gasteiger partial charge in [0.1, 0.15) is 17.3 Å². The molecule has 1 aliphatic heterocycles. The molecular weight excluding hydrogens is 432 g/mol. The normalized spacial score (nSPS) is 17.3. The Morgan fingerprint density at radius 1 is 1.03 bits per heavy atom. The third-order valence-corrected chi connectivity index (χ3v) is 5.35. The molecule has 2 heterocycles. The van der Waals surface area contributed by atoms with Gasteiger partial charge in [0.15, 0.2) is 0 Å². The Balaban J connectivity index is 1.88. The van der Waals surface area contributed by atoms with Crippen molar-refractivity contribution in [2.45, 2.75) is 32.9 Å². The Morgan fingerprint density at radius 3 is 2.44 bits per heavy atom. The maximum Gasteiger partial charge on any atom is 0.300 e. The van der Waals surface area contributed by atoms with Crippen LogP contribution in [-0.2, 0) is 9.59 Å². The predicted molar refractivity (Wildman–Crippen MR) is 129 cm³/mol. The van der Waals surface area contributed by atoms with Gasteiger partial charge in [0.25, 0.3) is 11.7 Å². The first-order valence-electron chi connectivity index (χ1n) is 11.1. The largest absolute Gasteiger partial charge is 0.507 e. The number of hydrogen-bond donors (Lipinski definition) is 1. The van der Waals surface area contributed by atoms with E-state index in [0.29, 0.717) is 34.9 Å². The van der Waals surface area contributed by atoms with Gasteiger partial charge in [0.05, 0.1) is 24.3 Å². The standard InChI is InChI=1S/C27H26N2O5/c1-4-33-21-9-6-8-20(16-21)29-24(18-11-13-28-14-12-18)23(26(31)27(29)32)25(30)19-7-5-10-22(15-19)34-17(2)3/h5-17,24,30H,4H2,1-3H3/b25-23+. The molecule has 1 fully saturated rings. The molecule has 1 amide bonds. The molecule has 1 aliphatic rings. The number of ether oxygens (including phenoxy) is 2. The summed E-state index contributed by atoms with van der Waals surface area (Å²) in [7, 11) is 0. The van der Waals surface area contributed by atoms with Gasteiger partial charge in [-0.3, -0.25) is 19.5 Å². The number of carbonyl (C=O) groups excluding carboxylic acids is 2. The van der Waals surface area contributed by atoms with Gasteiger partial charge < -0.3 is 14.6 Å². The molecule has 2 aromatic carbocycles. The predicted octanol–water partition coefficient (Wildman–Crippen LogP) is 4.89. The fraction of sp³-hybridized carbons (Fsp3) is 0.222. The maximum absolute atomic E-state index is 13.3. The van der Waals surface area contributed by atoms with Crippen molar-refractivity contribution in [3.05, 3.63) is 89.8 Å². The minimum Gasteiger partial charge on any atom is -0.507 e. The first kappa shape index (κ1) is 23.0. The smallest absolute Gasteiger partial charge is 0.300 e. The number of anilines is 1. The van der Waals surface area contributed by atoms with Crippen molar-refractivity contribution >= 4 is 23.1 Å². The van der Waals surface area contributed by atoms with E-state index in [4.69, 9.17) is 9.47 Å². The van der Waals surface area contributed by atoms with Crippen LogP contribution in [0.15, 0.2) is 78.6 Å². The van der Waals surface area contributed by atoms with Crippen molar-refractivity contribution in [2.75, 3.05) is 11.5 Å². The Labute approximate surface area is 198 Å². The number of rotatable bonds is 7. The molecule has 1 unspecified atom stereocenters. The summed E-state index contributed by atoms with van der Waals surface area (Å²) < 4.78 is 11.3. The van der Waals surface area contributed by atoms with Gasteiger partial charge in [-0.2, -0.15) is 0 Å². The molecule has 0 bridgehead atoms. The second-order valence-corrected chi connectivity index (χ2v) is 8.07. The molecule has 7 nitrogen and oxygen atoms in total. The number of aromatic nitrogens is 1. The van der Waals surface area contributed by atoms with Crippen molar-refractivity contribution < 1.29 is 24.2 Å². The fourth-order valence-electron chi connectivity index (χ4n) is 3.99. The lowest BCUT2D eigenvalue weighted by atomic mass is 9.95. The molecule has 174 valence electrons.